The summed E-state index contributed by atoms with van der Waals surface area (Å²) in [5.41, 5.74) is 1.58. The van der Waals surface area contributed by atoms with Crippen molar-refractivity contribution in [1.82, 2.24) is 0 Å². The van der Waals surface area contributed by atoms with E-state index in [4.69, 9.17) is 10.00 Å². The molecule has 4 heteroatoms. The fourth-order valence-corrected chi connectivity index (χ4v) is 1.93. The smallest absolute Gasteiger partial charge is 0.0992 e. The number of nitrogens with one attached hydrogen (secondary N) is 1. The van der Waals surface area contributed by atoms with Crippen molar-refractivity contribution in [3.8, 4) is 6.07 Å². The fraction of sp³-hybridized carbons (Fsp3) is 0.417. The van der Waals surface area contributed by atoms with E-state index in [1.165, 1.54) is 0 Å². The molecule has 0 fully saturated rings. The van der Waals surface area contributed by atoms with Crippen LogP contribution in [0.4, 0.5) is 5.69 Å². The van der Waals surface area contributed by atoms with Crippen molar-refractivity contribution < 1.29 is 4.74 Å². The van der Waals surface area contributed by atoms with E-state index in [0.717, 1.165) is 16.6 Å². The van der Waals surface area contributed by atoms with Gasteiger partial charge in [0.1, 0.15) is 0 Å². The Kier molecular flexibility index (Phi) is 5.30. The van der Waals surface area contributed by atoms with E-state index in [1.807, 2.05) is 12.1 Å². The van der Waals surface area contributed by atoms with Gasteiger partial charge in [-0.1, -0.05) is 22.9 Å². The third-order valence-electron chi connectivity index (χ3n) is 2.26. The number of nitrogens with zero attached hydrogens (tertiary/aromatic N) is 1. The van der Waals surface area contributed by atoms with Crippen molar-refractivity contribution >= 4 is 21.6 Å². The Morgan fingerprint density at radius 3 is 2.81 bits per heavy atom. The molecule has 0 spiro atoms. The van der Waals surface area contributed by atoms with Crippen LogP contribution in [-0.2, 0) is 4.74 Å². The maximum absolute atomic E-state index is 8.86. The van der Waals surface area contributed by atoms with Crippen molar-refractivity contribution in [1.29, 1.82) is 5.26 Å². The molecule has 0 bridgehead atoms. The van der Waals surface area contributed by atoms with Crippen LogP contribution >= 0.6 is 15.9 Å². The number of benzene rings is 1. The molecule has 86 valence electrons. The van der Waals surface area contributed by atoms with E-state index >= 15 is 0 Å². The van der Waals surface area contributed by atoms with Crippen molar-refractivity contribution in [2.45, 2.75) is 19.4 Å². The minimum Gasteiger partial charge on any atom is -0.383 e. The second kappa shape index (κ2) is 6.51. The number of ether oxygens (including phenoxy) is 1. The van der Waals surface area contributed by atoms with Gasteiger partial charge in [-0.15, -0.1) is 0 Å². The lowest BCUT2D eigenvalue weighted by molar-refractivity contribution is 0.184. The summed E-state index contributed by atoms with van der Waals surface area (Å²) >= 11 is 3.38. The molecule has 1 aromatic rings. The van der Waals surface area contributed by atoms with E-state index in [9.17, 15) is 0 Å². The maximum atomic E-state index is 8.86. The van der Waals surface area contributed by atoms with Gasteiger partial charge in [0.15, 0.2) is 0 Å². The summed E-state index contributed by atoms with van der Waals surface area (Å²) in [4.78, 5) is 0. The van der Waals surface area contributed by atoms with Crippen LogP contribution in [0.25, 0.3) is 0 Å². The van der Waals surface area contributed by atoms with Crippen molar-refractivity contribution in [2.24, 2.45) is 0 Å². The molecule has 0 heterocycles. The largest absolute Gasteiger partial charge is 0.383 e. The van der Waals surface area contributed by atoms with Crippen LogP contribution in [0.2, 0.25) is 0 Å². The van der Waals surface area contributed by atoms with Gasteiger partial charge in [-0.2, -0.15) is 5.26 Å². The topological polar surface area (TPSA) is 45.0 Å². The molecule has 16 heavy (non-hydrogen) atoms. The molecule has 0 aliphatic heterocycles. The van der Waals surface area contributed by atoms with Gasteiger partial charge >= 0.3 is 0 Å². The first-order valence-corrected chi connectivity index (χ1v) is 5.95. The summed E-state index contributed by atoms with van der Waals surface area (Å²) in [6, 6.07) is 7.99. The van der Waals surface area contributed by atoms with Gasteiger partial charge < -0.3 is 10.1 Å². The Bertz CT molecular complexity index is 387. The highest BCUT2D eigenvalue weighted by Gasteiger charge is 2.06. The highest BCUT2D eigenvalue weighted by molar-refractivity contribution is 9.10. The molecule has 3 nitrogen and oxygen atoms in total. The number of halogens is 1. The molecule has 1 rings (SSSR count). The summed E-state index contributed by atoms with van der Waals surface area (Å²) in [5, 5.41) is 12.2. The SMILES string of the molecule is CCC(COC)Nc1cc(Br)cc(C#N)c1. The summed E-state index contributed by atoms with van der Waals surface area (Å²) in [6.07, 6.45) is 0.974. The predicted octanol–water partition coefficient (Wildman–Crippen LogP) is 3.16. The van der Waals surface area contributed by atoms with Crippen LogP contribution in [0.3, 0.4) is 0 Å². The molecular weight excluding hydrogens is 268 g/mol. The molecule has 1 unspecified atom stereocenters. The average Bonchev–Trinajstić information content (AvgIpc) is 2.27. The zero-order valence-corrected chi connectivity index (χ0v) is 11.0. The monoisotopic (exact) mass is 282 g/mol. The summed E-state index contributed by atoms with van der Waals surface area (Å²) in [6.45, 7) is 2.75. The molecule has 0 saturated heterocycles. The Morgan fingerprint density at radius 2 is 2.25 bits per heavy atom. The Hall–Kier alpha value is -1.05. The maximum Gasteiger partial charge on any atom is 0.0992 e. The van der Waals surface area contributed by atoms with Gasteiger partial charge in [0.2, 0.25) is 0 Å². The van der Waals surface area contributed by atoms with E-state index in [-0.39, 0.29) is 6.04 Å². The van der Waals surface area contributed by atoms with Crippen LogP contribution in [0.1, 0.15) is 18.9 Å². The summed E-state index contributed by atoms with van der Waals surface area (Å²) in [5.74, 6) is 0. The van der Waals surface area contributed by atoms with Crippen LogP contribution in [0.5, 0.6) is 0 Å². The first-order chi connectivity index (χ1) is 7.69. The molecule has 0 saturated carbocycles. The Morgan fingerprint density at radius 1 is 1.50 bits per heavy atom. The molecule has 1 N–H and O–H groups in total. The molecular formula is C12H15BrN2O. The molecule has 0 amide bonds. The van der Waals surface area contributed by atoms with Gasteiger partial charge in [0.25, 0.3) is 0 Å². The van der Waals surface area contributed by atoms with Crippen LogP contribution < -0.4 is 5.32 Å². The van der Waals surface area contributed by atoms with Crippen molar-refractivity contribution in [3.63, 3.8) is 0 Å². The highest BCUT2D eigenvalue weighted by Crippen LogP contribution is 2.20. The second-order valence-electron chi connectivity index (χ2n) is 3.55. The van der Waals surface area contributed by atoms with Gasteiger partial charge in [-0.25, -0.2) is 0 Å². The molecule has 1 aromatic carbocycles. The van der Waals surface area contributed by atoms with Crippen LogP contribution in [0.15, 0.2) is 22.7 Å². The van der Waals surface area contributed by atoms with E-state index in [0.29, 0.717) is 12.2 Å². The van der Waals surface area contributed by atoms with E-state index in [1.54, 1.807) is 13.2 Å². The lowest BCUT2D eigenvalue weighted by Crippen LogP contribution is -2.23. The standard InChI is InChI=1S/C12H15BrN2O/c1-3-11(8-16-2)15-12-5-9(7-14)4-10(13)6-12/h4-6,11,15H,3,8H2,1-2H3. The Labute approximate surface area is 105 Å². The fourth-order valence-electron chi connectivity index (χ4n) is 1.44. The first-order valence-electron chi connectivity index (χ1n) is 5.15. The summed E-state index contributed by atoms with van der Waals surface area (Å²) in [7, 11) is 1.69. The Balaban J connectivity index is 2.80. The third-order valence-corrected chi connectivity index (χ3v) is 2.72. The number of hydrogen-bond acceptors (Lipinski definition) is 3. The van der Waals surface area contributed by atoms with E-state index in [2.05, 4.69) is 34.2 Å². The number of nitriles is 1. The van der Waals surface area contributed by atoms with E-state index < -0.39 is 0 Å². The lowest BCUT2D eigenvalue weighted by atomic mass is 10.2. The van der Waals surface area contributed by atoms with Gasteiger partial charge in [-0.05, 0) is 24.6 Å². The minimum atomic E-state index is 0.269. The van der Waals surface area contributed by atoms with Gasteiger partial charge in [0.05, 0.1) is 18.2 Å². The summed E-state index contributed by atoms with van der Waals surface area (Å²) < 4.78 is 6.02. The number of rotatable bonds is 5. The van der Waals surface area contributed by atoms with Crippen molar-refractivity contribution in [3.05, 3.63) is 28.2 Å². The molecule has 1 atom stereocenters. The zero-order chi connectivity index (χ0) is 12.0. The zero-order valence-electron chi connectivity index (χ0n) is 9.46. The predicted molar refractivity (Wildman–Crippen MR) is 68.4 cm³/mol. The normalized spacial score (nSPS) is 11.9. The minimum absolute atomic E-state index is 0.269. The molecule has 0 radical (unpaired) electrons. The quantitative estimate of drug-likeness (QED) is 0.902. The highest BCUT2D eigenvalue weighted by atomic mass is 79.9. The van der Waals surface area contributed by atoms with Gasteiger partial charge in [0, 0.05) is 23.3 Å². The van der Waals surface area contributed by atoms with Crippen LogP contribution in [-0.4, -0.2) is 19.8 Å². The molecule has 0 aromatic heterocycles. The van der Waals surface area contributed by atoms with Crippen molar-refractivity contribution in [2.75, 3.05) is 19.0 Å². The van der Waals surface area contributed by atoms with Crippen LogP contribution in [0, 0.1) is 11.3 Å². The lowest BCUT2D eigenvalue weighted by Gasteiger charge is -2.17. The van der Waals surface area contributed by atoms with Gasteiger partial charge in [-0.3, -0.25) is 0 Å². The molecule has 0 aliphatic carbocycles. The molecule has 0 aliphatic rings. The number of anilines is 1. The number of hydrogen-bond donors (Lipinski definition) is 1. The third kappa shape index (κ3) is 3.84. The second-order valence-corrected chi connectivity index (χ2v) is 4.46. The average molecular weight is 283 g/mol. The first kappa shape index (κ1) is 13.0. The number of methoxy groups -OCH3 is 1.